The Hall–Kier alpha value is -0.760. The van der Waals surface area contributed by atoms with Crippen molar-refractivity contribution < 1.29 is 9.90 Å². The van der Waals surface area contributed by atoms with Gasteiger partial charge in [0.05, 0.1) is 10.5 Å². The molecule has 2 heterocycles. The first-order chi connectivity index (χ1) is 9.97. The summed E-state index contributed by atoms with van der Waals surface area (Å²) in [5.74, 6) is -0.242. The lowest BCUT2D eigenvalue weighted by atomic mass is 9.97. The number of amides is 1. The Kier molecular flexibility index (Phi) is 5.54. The van der Waals surface area contributed by atoms with Crippen LogP contribution in [0, 0.1) is 0 Å². The molecule has 0 bridgehead atoms. The molecule has 0 aliphatic heterocycles. The van der Waals surface area contributed by atoms with Gasteiger partial charge < -0.3 is 10.4 Å². The summed E-state index contributed by atoms with van der Waals surface area (Å²) < 4.78 is 1.01. The number of hydrogen-bond acceptors (Lipinski definition) is 5. The predicted molar refractivity (Wildman–Crippen MR) is 91.0 cm³/mol. The summed E-state index contributed by atoms with van der Waals surface area (Å²) in [5.41, 5.74) is -0.443. The number of aliphatic hydroxyl groups is 1. The second-order valence-electron chi connectivity index (χ2n) is 4.78. The lowest BCUT2D eigenvalue weighted by molar-refractivity contribution is 0.0313. The number of rotatable bonds is 6. The van der Waals surface area contributed by atoms with Gasteiger partial charge in [-0.1, -0.05) is 13.8 Å². The highest BCUT2D eigenvalue weighted by molar-refractivity contribution is 9.10. The van der Waals surface area contributed by atoms with E-state index in [1.807, 2.05) is 25.3 Å². The molecule has 7 heteroatoms. The minimum Gasteiger partial charge on any atom is -0.388 e. The van der Waals surface area contributed by atoms with Crippen LogP contribution in [0.15, 0.2) is 21.3 Å². The van der Waals surface area contributed by atoms with Gasteiger partial charge in [0, 0.05) is 21.8 Å². The van der Waals surface area contributed by atoms with E-state index in [1.54, 1.807) is 16.7 Å². The molecule has 0 radical (unpaired) electrons. The number of halogens is 1. The summed E-state index contributed by atoms with van der Waals surface area (Å²) in [6.45, 7) is 4.06. The fourth-order valence-electron chi connectivity index (χ4n) is 1.75. The zero-order chi connectivity index (χ0) is 15.5. The van der Waals surface area contributed by atoms with E-state index in [9.17, 15) is 9.90 Å². The molecule has 0 fully saturated rings. The van der Waals surface area contributed by atoms with Crippen LogP contribution < -0.4 is 5.32 Å². The van der Waals surface area contributed by atoms with Crippen LogP contribution in [0.1, 0.15) is 37.2 Å². The molecular formula is C14H17BrN2O2S2. The van der Waals surface area contributed by atoms with E-state index in [0.717, 1.165) is 14.4 Å². The second kappa shape index (κ2) is 7.00. The van der Waals surface area contributed by atoms with Crippen LogP contribution in [0.2, 0.25) is 0 Å². The zero-order valence-corrected chi connectivity index (χ0v) is 15.1. The fourth-order valence-corrected chi connectivity index (χ4v) is 4.06. The normalized spacial score (nSPS) is 11.6. The molecule has 4 nitrogen and oxygen atoms in total. The molecule has 0 aliphatic rings. The molecule has 0 aliphatic carbocycles. The molecule has 0 unspecified atom stereocenters. The molecule has 21 heavy (non-hydrogen) atoms. The third-order valence-electron chi connectivity index (χ3n) is 3.41. The van der Waals surface area contributed by atoms with E-state index in [-0.39, 0.29) is 12.5 Å². The molecule has 2 aromatic rings. The van der Waals surface area contributed by atoms with Gasteiger partial charge in [0.1, 0.15) is 10.7 Å². The second-order valence-corrected chi connectivity index (χ2v) is 7.47. The summed E-state index contributed by atoms with van der Waals surface area (Å²) in [5, 5.41) is 17.5. The molecule has 0 aromatic carbocycles. The smallest absolute Gasteiger partial charge is 0.270 e. The van der Waals surface area contributed by atoms with Crippen molar-refractivity contribution in [2.24, 2.45) is 0 Å². The minimum absolute atomic E-state index is 0.242. The number of thiophene rings is 1. The van der Waals surface area contributed by atoms with Crippen LogP contribution in [-0.4, -0.2) is 28.1 Å². The maximum Gasteiger partial charge on any atom is 0.270 e. The fraction of sp³-hybridized carbons (Fsp3) is 0.429. The Bertz CT molecular complexity index is 620. The van der Waals surface area contributed by atoms with Crippen LogP contribution in [-0.2, 0) is 0 Å². The Balaban J connectivity index is 2.02. The predicted octanol–water partition coefficient (Wildman–Crippen LogP) is 3.92. The lowest BCUT2D eigenvalue weighted by Gasteiger charge is -2.25. The standard InChI is InChI=1S/C14H17BrN2O2S2/c1-3-14(19,4-2)8-16-12(18)10-7-21-13(17-10)11-5-9(15)6-20-11/h5-7,19H,3-4,8H2,1-2H3,(H,16,18). The maximum atomic E-state index is 12.1. The van der Waals surface area contributed by atoms with Crippen molar-refractivity contribution >= 4 is 44.5 Å². The number of hydrogen-bond donors (Lipinski definition) is 2. The van der Waals surface area contributed by atoms with Crippen molar-refractivity contribution in [3.8, 4) is 9.88 Å². The number of nitrogens with zero attached hydrogens (tertiary/aromatic N) is 1. The van der Waals surface area contributed by atoms with Crippen molar-refractivity contribution in [2.75, 3.05) is 6.54 Å². The van der Waals surface area contributed by atoms with Crippen molar-refractivity contribution in [3.05, 3.63) is 27.0 Å². The highest BCUT2D eigenvalue weighted by atomic mass is 79.9. The van der Waals surface area contributed by atoms with Gasteiger partial charge >= 0.3 is 0 Å². The Morgan fingerprint density at radius 2 is 2.10 bits per heavy atom. The Labute approximate surface area is 140 Å². The van der Waals surface area contributed by atoms with Crippen LogP contribution in [0.25, 0.3) is 9.88 Å². The first-order valence-electron chi connectivity index (χ1n) is 6.68. The van der Waals surface area contributed by atoms with E-state index in [1.165, 1.54) is 11.3 Å². The van der Waals surface area contributed by atoms with Crippen LogP contribution >= 0.6 is 38.6 Å². The highest BCUT2D eigenvalue weighted by Crippen LogP contribution is 2.31. The minimum atomic E-state index is -0.840. The number of thiazole rings is 1. The van der Waals surface area contributed by atoms with Crippen molar-refractivity contribution in [1.82, 2.24) is 10.3 Å². The summed E-state index contributed by atoms with van der Waals surface area (Å²) in [6.07, 6.45) is 1.21. The number of carbonyl (C=O) groups is 1. The molecule has 2 aromatic heterocycles. The third-order valence-corrected chi connectivity index (χ3v) is 6.11. The molecule has 0 spiro atoms. The number of nitrogens with one attached hydrogen (secondary N) is 1. The van der Waals surface area contributed by atoms with Crippen molar-refractivity contribution in [3.63, 3.8) is 0 Å². The summed E-state index contributed by atoms with van der Waals surface area (Å²) in [6, 6.07) is 1.98. The van der Waals surface area contributed by atoms with Gasteiger partial charge in [-0.05, 0) is 34.8 Å². The van der Waals surface area contributed by atoms with Crippen LogP contribution in [0.3, 0.4) is 0 Å². The summed E-state index contributed by atoms with van der Waals surface area (Å²) >= 11 is 6.43. The molecule has 114 valence electrons. The number of carbonyl (C=O) groups excluding carboxylic acids is 1. The largest absolute Gasteiger partial charge is 0.388 e. The molecule has 0 atom stereocenters. The first-order valence-corrected chi connectivity index (χ1v) is 9.23. The van der Waals surface area contributed by atoms with Gasteiger partial charge in [0.25, 0.3) is 5.91 Å². The van der Waals surface area contributed by atoms with E-state index in [4.69, 9.17) is 0 Å². The summed E-state index contributed by atoms with van der Waals surface area (Å²) in [4.78, 5) is 17.5. The van der Waals surface area contributed by atoms with Gasteiger partial charge in [0.2, 0.25) is 0 Å². The van der Waals surface area contributed by atoms with E-state index in [2.05, 4.69) is 26.2 Å². The lowest BCUT2D eigenvalue weighted by Crippen LogP contribution is -2.42. The van der Waals surface area contributed by atoms with E-state index < -0.39 is 5.60 Å². The Morgan fingerprint density at radius 3 is 2.67 bits per heavy atom. The topological polar surface area (TPSA) is 62.2 Å². The molecular weight excluding hydrogens is 372 g/mol. The number of aromatic nitrogens is 1. The SMILES string of the molecule is CCC(O)(CC)CNC(=O)c1csc(-c2cc(Br)cs2)n1. The van der Waals surface area contributed by atoms with Crippen molar-refractivity contribution in [1.29, 1.82) is 0 Å². The summed E-state index contributed by atoms with van der Waals surface area (Å²) in [7, 11) is 0. The Morgan fingerprint density at radius 1 is 1.38 bits per heavy atom. The van der Waals surface area contributed by atoms with E-state index >= 15 is 0 Å². The molecule has 2 rings (SSSR count). The third kappa shape index (κ3) is 4.12. The molecule has 0 saturated heterocycles. The molecule has 0 saturated carbocycles. The highest BCUT2D eigenvalue weighted by Gasteiger charge is 2.23. The van der Waals surface area contributed by atoms with E-state index in [0.29, 0.717) is 18.5 Å². The van der Waals surface area contributed by atoms with Crippen LogP contribution in [0.5, 0.6) is 0 Å². The quantitative estimate of drug-likeness (QED) is 0.787. The molecule has 2 N–H and O–H groups in total. The maximum absolute atomic E-state index is 12.1. The van der Waals surface area contributed by atoms with Gasteiger partial charge in [-0.2, -0.15) is 0 Å². The van der Waals surface area contributed by atoms with Crippen LogP contribution in [0.4, 0.5) is 0 Å². The monoisotopic (exact) mass is 388 g/mol. The average molecular weight is 389 g/mol. The van der Waals surface area contributed by atoms with Gasteiger partial charge in [-0.15, -0.1) is 22.7 Å². The van der Waals surface area contributed by atoms with Gasteiger partial charge in [0.15, 0.2) is 0 Å². The van der Waals surface area contributed by atoms with Gasteiger partial charge in [-0.25, -0.2) is 4.98 Å². The average Bonchev–Trinajstić information content (AvgIpc) is 3.13. The molecule has 1 amide bonds. The van der Waals surface area contributed by atoms with Crippen molar-refractivity contribution in [2.45, 2.75) is 32.3 Å². The first kappa shape index (κ1) is 16.6. The van der Waals surface area contributed by atoms with Gasteiger partial charge in [-0.3, -0.25) is 4.79 Å². The zero-order valence-electron chi connectivity index (χ0n) is 11.9.